The third-order valence-electron chi connectivity index (χ3n) is 2.60. The molecule has 1 aromatic rings. The standard InChI is InChI=1S/C10H21N5S/c1-9(11-2)10-12-13-14-15(10)7-5-4-6-8-16-3/h9,11H,4-8H2,1-3H3. The second kappa shape index (κ2) is 7.62. The van der Waals surface area contributed by atoms with Gasteiger partial charge in [0.2, 0.25) is 0 Å². The molecule has 0 saturated carbocycles. The van der Waals surface area contributed by atoms with Gasteiger partial charge in [0.1, 0.15) is 0 Å². The predicted octanol–water partition coefficient (Wildman–Crippen LogP) is 1.49. The van der Waals surface area contributed by atoms with Crippen molar-refractivity contribution in [2.45, 2.75) is 38.8 Å². The van der Waals surface area contributed by atoms with Crippen LogP contribution in [0.2, 0.25) is 0 Å². The number of hydrogen-bond acceptors (Lipinski definition) is 5. The lowest BCUT2D eigenvalue weighted by Crippen LogP contribution is -2.18. The van der Waals surface area contributed by atoms with Crippen molar-refractivity contribution in [1.82, 2.24) is 25.5 Å². The van der Waals surface area contributed by atoms with Crippen molar-refractivity contribution in [2.24, 2.45) is 0 Å². The summed E-state index contributed by atoms with van der Waals surface area (Å²) in [6, 6.07) is 0.209. The number of aromatic nitrogens is 4. The third kappa shape index (κ3) is 4.09. The Labute approximate surface area is 101 Å². The minimum absolute atomic E-state index is 0.209. The summed E-state index contributed by atoms with van der Waals surface area (Å²) in [6.07, 6.45) is 5.82. The van der Waals surface area contributed by atoms with Gasteiger partial charge in [-0.2, -0.15) is 11.8 Å². The lowest BCUT2D eigenvalue weighted by atomic mass is 10.2. The summed E-state index contributed by atoms with van der Waals surface area (Å²) in [5.74, 6) is 2.17. The monoisotopic (exact) mass is 243 g/mol. The number of nitrogens with zero attached hydrogens (tertiary/aromatic N) is 4. The molecule has 6 heteroatoms. The summed E-state index contributed by atoms with van der Waals surface area (Å²) in [4.78, 5) is 0. The van der Waals surface area contributed by atoms with E-state index < -0.39 is 0 Å². The van der Waals surface area contributed by atoms with Gasteiger partial charge < -0.3 is 5.32 Å². The Hall–Kier alpha value is -0.620. The van der Waals surface area contributed by atoms with E-state index in [0.29, 0.717) is 0 Å². The van der Waals surface area contributed by atoms with Crippen LogP contribution in [0.5, 0.6) is 0 Å². The fraction of sp³-hybridized carbons (Fsp3) is 0.900. The van der Waals surface area contributed by atoms with Crippen LogP contribution >= 0.6 is 11.8 Å². The van der Waals surface area contributed by atoms with Crippen LogP contribution in [0.3, 0.4) is 0 Å². The summed E-state index contributed by atoms with van der Waals surface area (Å²) < 4.78 is 1.90. The molecule has 1 atom stereocenters. The molecule has 1 N–H and O–H groups in total. The van der Waals surface area contributed by atoms with Crippen molar-refractivity contribution < 1.29 is 0 Å². The number of thioether (sulfide) groups is 1. The first-order valence-electron chi connectivity index (χ1n) is 5.72. The quantitative estimate of drug-likeness (QED) is 0.701. The van der Waals surface area contributed by atoms with E-state index >= 15 is 0 Å². The molecule has 0 saturated heterocycles. The van der Waals surface area contributed by atoms with Crippen molar-refractivity contribution in [3.63, 3.8) is 0 Å². The number of aryl methyl sites for hydroxylation is 1. The molecular formula is C10H21N5S. The van der Waals surface area contributed by atoms with Crippen molar-refractivity contribution >= 4 is 11.8 Å². The summed E-state index contributed by atoms with van der Waals surface area (Å²) in [5, 5.41) is 14.9. The third-order valence-corrected chi connectivity index (χ3v) is 3.30. The van der Waals surface area contributed by atoms with Gasteiger partial charge in [-0.1, -0.05) is 6.42 Å². The van der Waals surface area contributed by atoms with Crippen LogP contribution in [0.4, 0.5) is 0 Å². The molecule has 0 radical (unpaired) electrons. The first-order chi connectivity index (χ1) is 7.79. The SMILES string of the molecule is CNC(C)c1nnnn1CCCCCSC. The van der Waals surface area contributed by atoms with Crippen LogP contribution in [0.25, 0.3) is 0 Å². The average molecular weight is 243 g/mol. The van der Waals surface area contributed by atoms with Crippen LogP contribution in [-0.4, -0.2) is 39.3 Å². The van der Waals surface area contributed by atoms with Crippen molar-refractivity contribution in [1.29, 1.82) is 0 Å². The van der Waals surface area contributed by atoms with Crippen LogP contribution in [0.15, 0.2) is 0 Å². The second-order valence-corrected chi connectivity index (χ2v) is 4.81. The maximum Gasteiger partial charge on any atom is 0.167 e. The van der Waals surface area contributed by atoms with Crippen LogP contribution < -0.4 is 5.32 Å². The zero-order valence-electron chi connectivity index (χ0n) is 10.3. The fourth-order valence-electron chi connectivity index (χ4n) is 1.49. The Kier molecular flexibility index (Phi) is 6.40. The maximum atomic E-state index is 4.04. The van der Waals surface area contributed by atoms with Gasteiger partial charge in [0, 0.05) is 6.54 Å². The molecule has 0 amide bonds. The highest BCUT2D eigenvalue weighted by atomic mass is 32.2. The number of unbranched alkanes of at least 4 members (excludes halogenated alkanes) is 2. The van der Waals surface area contributed by atoms with Gasteiger partial charge in [-0.25, -0.2) is 4.68 Å². The van der Waals surface area contributed by atoms with E-state index in [-0.39, 0.29) is 6.04 Å². The molecule has 1 unspecified atom stereocenters. The number of hydrogen-bond donors (Lipinski definition) is 1. The minimum atomic E-state index is 0.209. The van der Waals surface area contributed by atoms with Gasteiger partial charge in [0.05, 0.1) is 6.04 Å². The summed E-state index contributed by atoms with van der Waals surface area (Å²) >= 11 is 1.90. The summed E-state index contributed by atoms with van der Waals surface area (Å²) in [7, 11) is 1.92. The second-order valence-electron chi connectivity index (χ2n) is 3.82. The van der Waals surface area contributed by atoms with Crippen molar-refractivity contribution in [3.05, 3.63) is 5.82 Å². The van der Waals surface area contributed by atoms with E-state index in [0.717, 1.165) is 18.8 Å². The molecule has 0 aliphatic carbocycles. The van der Waals surface area contributed by atoms with Gasteiger partial charge in [-0.3, -0.25) is 0 Å². The molecule has 1 rings (SSSR count). The smallest absolute Gasteiger partial charge is 0.167 e. The molecule has 0 aromatic carbocycles. The van der Waals surface area contributed by atoms with Crippen LogP contribution in [-0.2, 0) is 6.54 Å². The highest BCUT2D eigenvalue weighted by molar-refractivity contribution is 7.98. The highest BCUT2D eigenvalue weighted by Gasteiger charge is 2.11. The summed E-state index contributed by atoms with van der Waals surface area (Å²) in [6.45, 7) is 2.98. The van der Waals surface area contributed by atoms with E-state index in [4.69, 9.17) is 0 Å². The lowest BCUT2D eigenvalue weighted by molar-refractivity contribution is 0.487. The lowest BCUT2D eigenvalue weighted by Gasteiger charge is -2.09. The number of tetrazole rings is 1. The van der Waals surface area contributed by atoms with Crippen molar-refractivity contribution in [2.75, 3.05) is 19.1 Å². The average Bonchev–Trinajstić information content (AvgIpc) is 2.76. The molecule has 1 heterocycles. The largest absolute Gasteiger partial charge is 0.311 e. The highest BCUT2D eigenvalue weighted by Crippen LogP contribution is 2.08. The molecule has 5 nitrogen and oxygen atoms in total. The molecule has 92 valence electrons. The van der Waals surface area contributed by atoms with E-state index in [1.54, 1.807) is 0 Å². The molecule has 1 aromatic heterocycles. The Morgan fingerprint density at radius 2 is 2.19 bits per heavy atom. The predicted molar refractivity (Wildman–Crippen MR) is 67.5 cm³/mol. The molecule has 0 aliphatic heterocycles. The van der Waals surface area contributed by atoms with Gasteiger partial charge in [-0.15, -0.1) is 5.10 Å². The van der Waals surface area contributed by atoms with Crippen LogP contribution in [0, 0.1) is 0 Å². The minimum Gasteiger partial charge on any atom is -0.311 e. The molecule has 0 spiro atoms. The topological polar surface area (TPSA) is 55.6 Å². The zero-order chi connectivity index (χ0) is 11.8. The van der Waals surface area contributed by atoms with E-state index in [2.05, 4.69) is 34.0 Å². The molecule has 0 aliphatic rings. The number of rotatable bonds is 8. The van der Waals surface area contributed by atoms with Crippen LogP contribution in [0.1, 0.15) is 38.1 Å². The first-order valence-corrected chi connectivity index (χ1v) is 7.11. The van der Waals surface area contributed by atoms with Gasteiger partial charge in [0.15, 0.2) is 5.82 Å². The number of nitrogens with one attached hydrogen (secondary N) is 1. The Morgan fingerprint density at radius 1 is 1.38 bits per heavy atom. The van der Waals surface area contributed by atoms with Gasteiger partial charge in [0.25, 0.3) is 0 Å². The molecule has 0 bridgehead atoms. The van der Waals surface area contributed by atoms with Gasteiger partial charge in [-0.05, 0) is 49.2 Å². The Bertz CT molecular complexity index is 288. The molecular weight excluding hydrogens is 222 g/mol. The van der Waals surface area contributed by atoms with E-state index in [1.165, 1.54) is 18.6 Å². The Morgan fingerprint density at radius 3 is 2.88 bits per heavy atom. The summed E-state index contributed by atoms with van der Waals surface area (Å²) in [5.41, 5.74) is 0. The molecule has 16 heavy (non-hydrogen) atoms. The van der Waals surface area contributed by atoms with Gasteiger partial charge >= 0.3 is 0 Å². The Balaban J connectivity index is 2.33. The molecule has 0 fully saturated rings. The van der Waals surface area contributed by atoms with E-state index in [9.17, 15) is 0 Å². The zero-order valence-corrected chi connectivity index (χ0v) is 11.1. The maximum absolute atomic E-state index is 4.04. The fourth-order valence-corrected chi connectivity index (χ4v) is 1.99. The normalized spacial score (nSPS) is 12.9. The van der Waals surface area contributed by atoms with Crippen molar-refractivity contribution in [3.8, 4) is 0 Å². The first kappa shape index (κ1) is 13.4. The van der Waals surface area contributed by atoms with E-state index in [1.807, 2.05) is 23.5 Å².